The lowest BCUT2D eigenvalue weighted by Gasteiger charge is -2.11. The third kappa shape index (κ3) is 4.58. The van der Waals surface area contributed by atoms with E-state index in [4.69, 9.17) is 5.73 Å². The van der Waals surface area contributed by atoms with Gasteiger partial charge in [0.1, 0.15) is 0 Å². The normalized spacial score (nSPS) is 14.6. The van der Waals surface area contributed by atoms with Crippen molar-refractivity contribution in [1.29, 1.82) is 0 Å². The summed E-state index contributed by atoms with van der Waals surface area (Å²) in [5, 5.41) is 2.74. The highest BCUT2D eigenvalue weighted by Gasteiger charge is 2.30. The van der Waals surface area contributed by atoms with E-state index >= 15 is 0 Å². The van der Waals surface area contributed by atoms with Gasteiger partial charge in [-0.2, -0.15) is 13.2 Å². The van der Waals surface area contributed by atoms with Crippen molar-refractivity contribution in [3.8, 4) is 0 Å². The highest BCUT2D eigenvalue weighted by atomic mass is 19.4. The lowest BCUT2D eigenvalue weighted by atomic mass is 10.2. The van der Waals surface area contributed by atoms with E-state index in [0.717, 1.165) is 13.0 Å². The summed E-state index contributed by atoms with van der Waals surface area (Å²) in [7, 11) is 0. The molecule has 2 nitrogen and oxygen atoms in total. The number of halogens is 3. The van der Waals surface area contributed by atoms with Gasteiger partial charge in [-0.15, -0.1) is 0 Å². The minimum Gasteiger partial charge on any atom is -0.397 e. The molecule has 0 aromatic rings. The number of hydrogen-bond donors (Lipinski definition) is 2. The molecule has 0 fully saturated rings. The molecule has 0 rings (SSSR count). The quantitative estimate of drug-likeness (QED) is 0.714. The van der Waals surface area contributed by atoms with E-state index in [-0.39, 0.29) is 11.4 Å². The van der Waals surface area contributed by atoms with Crippen LogP contribution in [0.15, 0.2) is 35.7 Å². The molecule has 0 heterocycles. The first-order valence-corrected chi connectivity index (χ1v) is 4.44. The van der Waals surface area contributed by atoms with Gasteiger partial charge < -0.3 is 11.1 Å². The minimum absolute atomic E-state index is 0.195. The fourth-order valence-electron chi connectivity index (χ4n) is 0.835. The van der Waals surface area contributed by atoms with Gasteiger partial charge in [-0.1, -0.05) is 6.58 Å². The molecule has 0 radical (unpaired) electrons. The van der Waals surface area contributed by atoms with Crippen LogP contribution in [0.3, 0.4) is 0 Å². The maximum absolute atomic E-state index is 12.2. The van der Waals surface area contributed by atoms with Gasteiger partial charge >= 0.3 is 6.18 Å². The SMILES string of the molecule is C=C/C(N)=C(\C=C(/C)C(F)(F)F)NCC. The van der Waals surface area contributed by atoms with Crippen molar-refractivity contribution >= 4 is 0 Å². The van der Waals surface area contributed by atoms with Gasteiger partial charge in [-0.05, 0) is 26.0 Å². The molecule has 0 aromatic heterocycles. The maximum atomic E-state index is 12.2. The van der Waals surface area contributed by atoms with Gasteiger partial charge in [0.15, 0.2) is 0 Å². The first-order valence-electron chi connectivity index (χ1n) is 4.44. The van der Waals surface area contributed by atoms with Crippen LogP contribution < -0.4 is 11.1 Å². The van der Waals surface area contributed by atoms with E-state index in [1.54, 1.807) is 6.92 Å². The summed E-state index contributed by atoms with van der Waals surface area (Å²) < 4.78 is 36.7. The molecule has 0 saturated carbocycles. The summed E-state index contributed by atoms with van der Waals surface area (Å²) in [6, 6.07) is 0. The summed E-state index contributed by atoms with van der Waals surface area (Å²) in [4.78, 5) is 0. The highest BCUT2D eigenvalue weighted by Crippen LogP contribution is 2.25. The van der Waals surface area contributed by atoms with E-state index in [1.165, 1.54) is 6.08 Å². The molecular weight excluding hydrogens is 205 g/mol. The Morgan fingerprint density at radius 2 is 2.00 bits per heavy atom. The summed E-state index contributed by atoms with van der Waals surface area (Å²) in [6.07, 6.45) is -2.05. The van der Waals surface area contributed by atoms with Crippen LogP contribution in [-0.4, -0.2) is 12.7 Å². The van der Waals surface area contributed by atoms with E-state index in [1.807, 2.05) is 0 Å². The van der Waals surface area contributed by atoms with Crippen LogP contribution in [0.1, 0.15) is 13.8 Å². The number of nitrogens with one attached hydrogen (secondary N) is 1. The number of nitrogens with two attached hydrogens (primary N) is 1. The number of allylic oxidation sites excluding steroid dienone is 3. The Balaban J connectivity index is 5.07. The molecule has 0 amide bonds. The molecular formula is C10H15F3N2. The molecule has 0 aromatic carbocycles. The molecule has 5 heteroatoms. The topological polar surface area (TPSA) is 38.0 Å². The van der Waals surface area contributed by atoms with Gasteiger partial charge in [0.25, 0.3) is 0 Å². The second-order valence-electron chi connectivity index (χ2n) is 2.93. The largest absolute Gasteiger partial charge is 0.412 e. The van der Waals surface area contributed by atoms with Crippen LogP contribution in [0.4, 0.5) is 13.2 Å². The van der Waals surface area contributed by atoms with Crippen molar-refractivity contribution < 1.29 is 13.2 Å². The number of likely N-dealkylation sites (N-methyl/N-ethyl adjacent to an activating group) is 1. The average Bonchev–Trinajstić information content (AvgIpc) is 2.14. The van der Waals surface area contributed by atoms with Crippen molar-refractivity contribution in [1.82, 2.24) is 5.32 Å². The first-order chi connectivity index (χ1) is 6.82. The first kappa shape index (κ1) is 13.6. The average molecular weight is 220 g/mol. The van der Waals surface area contributed by atoms with E-state index in [0.29, 0.717) is 6.54 Å². The second kappa shape index (κ2) is 5.48. The van der Waals surface area contributed by atoms with E-state index < -0.39 is 11.7 Å². The van der Waals surface area contributed by atoms with Crippen molar-refractivity contribution in [3.63, 3.8) is 0 Å². The smallest absolute Gasteiger partial charge is 0.397 e. The number of alkyl halides is 3. The Kier molecular flexibility index (Phi) is 4.97. The predicted octanol–water partition coefficient (Wildman–Crippen LogP) is 2.46. The van der Waals surface area contributed by atoms with Crippen molar-refractivity contribution in [3.05, 3.63) is 35.7 Å². The van der Waals surface area contributed by atoms with Crippen LogP contribution in [0.2, 0.25) is 0 Å². The Labute approximate surface area is 87.3 Å². The van der Waals surface area contributed by atoms with E-state index in [9.17, 15) is 13.2 Å². The Morgan fingerprint density at radius 3 is 2.33 bits per heavy atom. The van der Waals surface area contributed by atoms with Crippen molar-refractivity contribution in [2.75, 3.05) is 6.54 Å². The second-order valence-corrected chi connectivity index (χ2v) is 2.93. The molecule has 0 unspecified atom stereocenters. The van der Waals surface area contributed by atoms with Crippen molar-refractivity contribution in [2.24, 2.45) is 5.73 Å². The fourth-order valence-corrected chi connectivity index (χ4v) is 0.835. The summed E-state index contributed by atoms with van der Waals surface area (Å²) in [5.74, 6) is 0. The zero-order valence-corrected chi connectivity index (χ0v) is 8.78. The molecule has 0 saturated heterocycles. The summed E-state index contributed by atoms with van der Waals surface area (Å²) in [6.45, 7) is 6.66. The van der Waals surface area contributed by atoms with Crippen LogP contribution >= 0.6 is 0 Å². The standard InChI is InChI=1S/C10H15F3N2/c1-4-8(14)9(15-5-2)6-7(3)10(11,12)13/h4,6,15H,1,5,14H2,2-3H3/b7-6+,9-8-. The lowest BCUT2D eigenvalue weighted by Crippen LogP contribution is -2.18. The maximum Gasteiger partial charge on any atom is 0.412 e. The molecule has 0 bridgehead atoms. The van der Waals surface area contributed by atoms with Gasteiger partial charge in [0.2, 0.25) is 0 Å². The summed E-state index contributed by atoms with van der Waals surface area (Å²) in [5.41, 5.74) is 5.21. The van der Waals surface area contributed by atoms with Crippen LogP contribution in [0.25, 0.3) is 0 Å². The fraction of sp³-hybridized carbons (Fsp3) is 0.400. The molecule has 0 aliphatic rings. The molecule has 15 heavy (non-hydrogen) atoms. The molecule has 86 valence electrons. The van der Waals surface area contributed by atoms with Crippen LogP contribution in [0.5, 0.6) is 0 Å². The minimum atomic E-state index is -4.33. The molecule has 0 aliphatic carbocycles. The predicted molar refractivity (Wildman–Crippen MR) is 54.9 cm³/mol. The Hall–Kier alpha value is -1.39. The van der Waals surface area contributed by atoms with Crippen LogP contribution in [-0.2, 0) is 0 Å². The Bertz CT molecular complexity index is 288. The number of rotatable bonds is 4. The lowest BCUT2D eigenvalue weighted by molar-refractivity contribution is -0.0913. The summed E-state index contributed by atoms with van der Waals surface area (Å²) >= 11 is 0. The zero-order valence-electron chi connectivity index (χ0n) is 8.78. The molecule has 0 aliphatic heterocycles. The van der Waals surface area contributed by atoms with Crippen LogP contribution in [0, 0.1) is 0 Å². The zero-order chi connectivity index (χ0) is 12.1. The third-order valence-corrected chi connectivity index (χ3v) is 1.71. The van der Waals surface area contributed by atoms with Crippen molar-refractivity contribution in [2.45, 2.75) is 20.0 Å². The number of hydrogen-bond acceptors (Lipinski definition) is 2. The third-order valence-electron chi connectivity index (χ3n) is 1.71. The monoisotopic (exact) mass is 220 g/mol. The Morgan fingerprint density at radius 1 is 1.47 bits per heavy atom. The molecule has 0 atom stereocenters. The van der Waals surface area contributed by atoms with E-state index in [2.05, 4.69) is 11.9 Å². The molecule has 3 N–H and O–H groups in total. The highest BCUT2D eigenvalue weighted by molar-refractivity contribution is 5.32. The van der Waals surface area contributed by atoms with Gasteiger partial charge in [0.05, 0.1) is 11.4 Å². The molecule has 0 spiro atoms. The van der Waals surface area contributed by atoms with Gasteiger partial charge in [0, 0.05) is 12.1 Å². The van der Waals surface area contributed by atoms with Gasteiger partial charge in [-0.3, -0.25) is 0 Å². The van der Waals surface area contributed by atoms with Gasteiger partial charge in [-0.25, -0.2) is 0 Å².